The van der Waals surface area contributed by atoms with Crippen molar-refractivity contribution in [3.05, 3.63) is 40.4 Å². The first kappa shape index (κ1) is 15.3. The lowest BCUT2D eigenvalue weighted by Crippen LogP contribution is -2.15. The van der Waals surface area contributed by atoms with Gasteiger partial charge >= 0.3 is 0 Å². The Hall–Kier alpha value is -2.25. The second kappa shape index (κ2) is 6.33. The number of carbonyl (C=O) groups is 2. The normalized spacial score (nSPS) is 16.3. The second-order valence-corrected chi connectivity index (χ2v) is 7.07. The van der Waals surface area contributed by atoms with Gasteiger partial charge in [-0.1, -0.05) is 17.4 Å². The largest absolute Gasteiger partial charge is 0.375 e. The van der Waals surface area contributed by atoms with Gasteiger partial charge in [-0.2, -0.15) is 0 Å². The van der Waals surface area contributed by atoms with Crippen LogP contribution in [0.2, 0.25) is 0 Å². The van der Waals surface area contributed by atoms with Crippen LogP contribution in [0.15, 0.2) is 24.3 Å². The molecule has 1 aliphatic carbocycles. The fourth-order valence-electron chi connectivity index (χ4n) is 2.58. The number of hydrogen-bond acceptors (Lipinski definition) is 5. The molecule has 0 saturated heterocycles. The van der Waals surface area contributed by atoms with E-state index in [9.17, 15) is 9.59 Å². The van der Waals surface area contributed by atoms with Gasteiger partial charge in [0.1, 0.15) is 0 Å². The van der Waals surface area contributed by atoms with E-state index in [0.29, 0.717) is 29.6 Å². The van der Waals surface area contributed by atoms with Gasteiger partial charge in [-0.3, -0.25) is 14.9 Å². The van der Waals surface area contributed by atoms with E-state index in [1.807, 2.05) is 0 Å². The first-order valence-corrected chi connectivity index (χ1v) is 8.79. The van der Waals surface area contributed by atoms with Gasteiger partial charge in [-0.25, -0.2) is 4.98 Å². The Balaban J connectivity index is 1.45. The number of fused-ring (bicyclic) bond motifs is 1. The van der Waals surface area contributed by atoms with Crippen molar-refractivity contribution in [2.45, 2.75) is 25.9 Å². The standard InChI is InChI=1S/C17H17N3O3S/c21-15(10-4-5-10)18-12-3-1-2-11(8-12)16(22)20-17-19-13-6-7-23-9-14(13)24-17/h1-3,8,10H,4-7,9H2,(H,18,21)(H,19,20,22). The quantitative estimate of drug-likeness (QED) is 0.894. The summed E-state index contributed by atoms with van der Waals surface area (Å²) in [5, 5.41) is 6.27. The van der Waals surface area contributed by atoms with Gasteiger partial charge in [0.2, 0.25) is 5.91 Å². The van der Waals surface area contributed by atoms with Gasteiger partial charge in [-0.15, -0.1) is 0 Å². The number of nitrogens with zero attached hydrogens (tertiary/aromatic N) is 1. The van der Waals surface area contributed by atoms with Crippen molar-refractivity contribution in [1.82, 2.24) is 4.98 Å². The van der Waals surface area contributed by atoms with Crippen LogP contribution in [0.3, 0.4) is 0 Å². The Morgan fingerprint density at radius 2 is 2.12 bits per heavy atom. The van der Waals surface area contributed by atoms with Crippen molar-refractivity contribution >= 4 is 34.0 Å². The molecule has 6 nitrogen and oxygen atoms in total. The summed E-state index contributed by atoms with van der Waals surface area (Å²) in [4.78, 5) is 29.8. The average molecular weight is 343 g/mol. The average Bonchev–Trinajstić information content (AvgIpc) is 3.35. The predicted octanol–water partition coefficient (Wildman–Crippen LogP) is 2.82. The van der Waals surface area contributed by atoms with Gasteiger partial charge in [0, 0.05) is 23.6 Å². The van der Waals surface area contributed by atoms with Crippen LogP contribution in [0, 0.1) is 5.92 Å². The Labute approximate surface area is 143 Å². The summed E-state index contributed by atoms with van der Waals surface area (Å²) in [6, 6.07) is 6.96. The van der Waals surface area contributed by atoms with E-state index in [2.05, 4.69) is 15.6 Å². The summed E-state index contributed by atoms with van der Waals surface area (Å²) in [5.41, 5.74) is 2.14. The number of benzene rings is 1. The monoisotopic (exact) mass is 343 g/mol. The Morgan fingerprint density at radius 3 is 2.92 bits per heavy atom. The van der Waals surface area contributed by atoms with Gasteiger partial charge in [-0.05, 0) is 31.0 Å². The lowest BCUT2D eigenvalue weighted by atomic mass is 10.2. The minimum Gasteiger partial charge on any atom is -0.375 e. The summed E-state index contributed by atoms with van der Waals surface area (Å²) < 4.78 is 5.39. The first-order valence-electron chi connectivity index (χ1n) is 7.97. The van der Waals surface area contributed by atoms with Gasteiger partial charge < -0.3 is 10.1 Å². The first-order chi connectivity index (χ1) is 11.7. The third kappa shape index (κ3) is 3.32. The van der Waals surface area contributed by atoms with Crippen molar-refractivity contribution < 1.29 is 14.3 Å². The third-order valence-electron chi connectivity index (χ3n) is 4.06. The molecule has 0 bridgehead atoms. The van der Waals surface area contributed by atoms with E-state index in [-0.39, 0.29) is 17.7 Å². The third-order valence-corrected chi connectivity index (χ3v) is 5.04. The Kier molecular flexibility index (Phi) is 4.03. The zero-order valence-electron chi connectivity index (χ0n) is 13.0. The van der Waals surface area contributed by atoms with Crippen molar-refractivity contribution in [1.29, 1.82) is 0 Å². The number of rotatable bonds is 4. The molecule has 2 heterocycles. The summed E-state index contributed by atoms with van der Waals surface area (Å²) in [6.45, 7) is 1.23. The minimum absolute atomic E-state index is 0.0279. The lowest BCUT2D eigenvalue weighted by Gasteiger charge is -2.08. The SMILES string of the molecule is O=C(Nc1nc2c(s1)COCC2)c1cccc(NC(=O)C2CC2)c1. The minimum atomic E-state index is -0.232. The molecule has 124 valence electrons. The second-order valence-electron chi connectivity index (χ2n) is 5.99. The number of anilines is 2. The molecule has 0 atom stereocenters. The number of amides is 2. The van der Waals surface area contributed by atoms with E-state index in [1.54, 1.807) is 24.3 Å². The summed E-state index contributed by atoms with van der Waals surface area (Å²) in [5.74, 6) is -0.0731. The maximum absolute atomic E-state index is 12.4. The number of carbonyl (C=O) groups excluding carboxylic acids is 2. The molecular weight excluding hydrogens is 326 g/mol. The van der Waals surface area contributed by atoms with Crippen LogP contribution in [0.5, 0.6) is 0 Å². The van der Waals surface area contributed by atoms with Crippen LogP contribution >= 0.6 is 11.3 Å². The molecule has 1 fully saturated rings. The van der Waals surface area contributed by atoms with E-state index < -0.39 is 0 Å². The summed E-state index contributed by atoms with van der Waals surface area (Å²) >= 11 is 1.45. The highest BCUT2D eigenvalue weighted by molar-refractivity contribution is 7.15. The van der Waals surface area contributed by atoms with Crippen LogP contribution in [-0.4, -0.2) is 23.4 Å². The van der Waals surface area contributed by atoms with Crippen LogP contribution in [-0.2, 0) is 22.6 Å². The number of ether oxygens (including phenoxy) is 1. The molecule has 2 aliphatic rings. The van der Waals surface area contributed by atoms with Crippen molar-refractivity contribution in [3.63, 3.8) is 0 Å². The number of aromatic nitrogens is 1. The molecule has 1 aromatic carbocycles. The van der Waals surface area contributed by atoms with Gasteiger partial charge in [0.05, 0.1) is 23.8 Å². The zero-order chi connectivity index (χ0) is 16.5. The molecule has 1 saturated carbocycles. The predicted molar refractivity (Wildman–Crippen MR) is 91.2 cm³/mol. The van der Waals surface area contributed by atoms with Crippen LogP contribution < -0.4 is 10.6 Å². The van der Waals surface area contributed by atoms with E-state index in [1.165, 1.54) is 11.3 Å². The Morgan fingerprint density at radius 1 is 1.25 bits per heavy atom. The lowest BCUT2D eigenvalue weighted by molar-refractivity contribution is -0.117. The van der Waals surface area contributed by atoms with Crippen LogP contribution in [0.1, 0.15) is 33.8 Å². The fraction of sp³-hybridized carbons (Fsp3) is 0.353. The van der Waals surface area contributed by atoms with Crippen molar-refractivity contribution in [3.8, 4) is 0 Å². The maximum Gasteiger partial charge on any atom is 0.257 e. The molecule has 1 aliphatic heterocycles. The molecule has 0 radical (unpaired) electrons. The van der Waals surface area contributed by atoms with E-state index >= 15 is 0 Å². The number of thiazole rings is 1. The molecule has 0 spiro atoms. The highest BCUT2D eigenvalue weighted by atomic mass is 32.1. The van der Waals surface area contributed by atoms with Gasteiger partial charge in [0.15, 0.2) is 5.13 Å². The fourth-order valence-corrected chi connectivity index (χ4v) is 3.52. The molecule has 7 heteroatoms. The Bertz CT molecular complexity index is 775. The summed E-state index contributed by atoms with van der Waals surface area (Å²) in [7, 11) is 0. The topological polar surface area (TPSA) is 80.3 Å². The van der Waals surface area contributed by atoms with Crippen LogP contribution in [0.4, 0.5) is 10.8 Å². The number of hydrogen-bond donors (Lipinski definition) is 2. The van der Waals surface area contributed by atoms with Gasteiger partial charge in [0.25, 0.3) is 5.91 Å². The molecule has 0 unspecified atom stereocenters. The summed E-state index contributed by atoms with van der Waals surface area (Å²) in [6.07, 6.45) is 2.68. The van der Waals surface area contributed by atoms with E-state index in [0.717, 1.165) is 29.8 Å². The highest BCUT2D eigenvalue weighted by Crippen LogP contribution is 2.30. The van der Waals surface area contributed by atoms with Crippen LogP contribution in [0.25, 0.3) is 0 Å². The van der Waals surface area contributed by atoms with Crippen molar-refractivity contribution in [2.75, 3.05) is 17.2 Å². The molecular formula is C17H17N3O3S. The van der Waals surface area contributed by atoms with E-state index in [4.69, 9.17) is 4.74 Å². The molecule has 2 N–H and O–H groups in total. The molecule has 2 aromatic rings. The molecule has 1 aromatic heterocycles. The number of nitrogens with one attached hydrogen (secondary N) is 2. The van der Waals surface area contributed by atoms with Crippen molar-refractivity contribution in [2.24, 2.45) is 5.92 Å². The smallest absolute Gasteiger partial charge is 0.257 e. The molecule has 2 amide bonds. The molecule has 24 heavy (non-hydrogen) atoms. The maximum atomic E-state index is 12.4. The highest BCUT2D eigenvalue weighted by Gasteiger charge is 2.29. The molecule has 4 rings (SSSR count). The zero-order valence-corrected chi connectivity index (χ0v) is 13.8.